The summed E-state index contributed by atoms with van der Waals surface area (Å²) in [7, 11) is 0. The standard InChI is InChI=1S/C19H22N2O4/c1-2-3-12-25-19(24)21-17(18(22)23)13-14-4-6-15(7-5-14)16-8-10-20-11-9-16/h4-11,17H,2-3,12-13H2,1H3,(H,21,24)(H,22,23). The van der Waals surface area contributed by atoms with Crippen molar-refractivity contribution >= 4 is 12.1 Å². The summed E-state index contributed by atoms with van der Waals surface area (Å²) in [5, 5.41) is 11.7. The number of nitrogens with zero attached hydrogens (tertiary/aromatic N) is 1. The van der Waals surface area contributed by atoms with Gasteiger partial charge in [0.25, 0.3) is 0 Å². The fourth-order valence-electron chi connectivity index (χ4n) is 2.31. The summed E-state index contributed by atoms with van der Waals surface area (Å²) in [5.74, 6) is -1.09. The van der Waals surface area contributed by atoms with Gasteiger partial charge in [0.1, 0.15) is 6.04 Å². The Hall–Kier alpha value is -2.89. The largest absolute Gasteiger partial charge is 0.480 e. The van der Waals surface area contributed by atoms with Crippen LogP contribution in [0, 0.1) is 0 Å². The Kier molecular flexibility index (Phi) is 6.95. The molecule has 0 radical (unpaired) electrons. The summed E-state index contributed by atoms with van der Waals surface area (Å²) >= 11 is 0. The molecule has 1 aromatic heterocycles. The third-order valence-corrected chi connectivity index (χ3v) is 3.73. The number of carboxylic acids is 1. The zero-order chi connectivity index (χ0) is 18.1. The van der Waals surface area contributed by atoms with Crippen LogP contribution in [0.3, 0.4) is 0 Å². The number of unbranched alkanes of at least 4 members (excludes halogenated alkanes) is 1. The van der Waals surface area contributed by atoms with Crippen LogP contribution < -0.4 is 5.32 Å². The molecule has 0 spiro atoms. The van der Waals surface area contributed by atoms with E-state index >= 15 is 0 Å². The molecule has 0 saturated carbocycles. The number of carbonyl (C=O) groups is 2. The Morgan fingerprint density at radius 2 is 1.76 bits per heavy atom. The molecule has 1 atom stereocenters. The lowest BCUT2D eigenvalue weighted by atomic mass is 10.0. The van der Waals surface area contributed by atoms with Crippen LogP contribution in [0.2, 0.25) is 0 Å². The molecule has 1 unspecified atom stereocenters. The zero-order valence-corrected chi connectivity index (χ0v) is 14.1. The third kappa shape index (κ3) is 5.91. The van der Waals surface area contributed by atoms with Gasteiger partial charge < -0.3 is 15.2 Å². The van der Waals surface area contributed by atoms with Crippen LogP contribution in [0.1, 0.15) is 25.3 Å². The van der Waals surface area contributed by atoms with Gasteiger partial charge >= 0.3 is 12.1 Å². The summed E-state index contributed by atoms with van der Waals surface area (Å²) in [4.78, 5) is 27.0. The van der Waals surface area contributed by atoms with Gasteiger partial charge in [-0.1, -0.05) is 37.6 Å². The van der Waals surface area contributed by atoms with Crippen LogP contribution in [-0.2, 0) is 16.0 Å². The highest BCUT2D eigenvalue weighted by molar-refractivity contribution is 5.80. The van der Waals surface area contributed by atoms with E-state index in [0.717, 1.165) is 29.5 Å². The molecule has 0 aliphatic rings. The lowest BCUT2D eigenvalue weighted by Gasteiger charge is -2.15. The Morgan fingerprint density at radius 3 is 2.36 bits per heavy atom. The molecule has 1 aromatic carbocycles. The van der Waals surface area contributed by atoms with Gasteiger partial charge in [0, 0.05) is 18.8 Å². The third-order valence-electron chi connectivity index (χ3n) is 3.73. The number of ether oxygens (including phenoxy) is 1. The quantitative estimate of drug-likeness (QED) is 0.719. The van der Waals surface area contributed by atoms with Gasteiger partial charge in [0.15, 0.2) is 0 Å². The second kappa shape index (κ2) is 9.42. The highest BCUT2D eigenvalue weighted by Gasteiger charge is 2.21. The lowest BCUT2D eigenvalue weighted by molar-refractivity contribution is -0.139. The molecular formula is C19H22N2O4. The van der Waals surface area contributed by atoms with Crippen LogP contribution in [-0.4, -0.2) is 34.8 Å². The van der Waals surface area contributed by atoms with Gasteiger partial charge in [-0.3, -0.25) is 4.98 Å². The number of hydrogen-bond donors (Lipinski definition) is 2. The summed E-state index contributed by atoms with van der Waals surface area (Å²) in [6.45, 7) is 2.27. The molecule has 2 N–H and O–H groups in total. The number of amides is 1. The summed E-state index contributed by atoms with van der Waals surface area (Å²) in [6.07, 6.45) is 4.58. The number of benzene rings is 1. The molecule has 0 aliphatic carbocycles. The fourth-order valence-corrected chi connectivity index (χ4v) is 2.31. The van der Waals surface area contributed by atoms with E-state index in [4.69, 9.17) is 4.74 Å². The van der Waals surface area contributed by atoms with Crippen LogP contribution in [0.4, 0.5) is 4.79 Å². The number of nitrogens with one attached hydrogen (secondary N) is 1. The maximum absolute atomic E-state index is 11.7. The highest BCUT2D eigenvalue weighted by Crippen LogP contribution is 2.19. The number of hydrogen-bond acceptors (Lipinski definition) is 4. The first-order valence-corrected chi connectivity index (χ1v) is 8.25. The minimum atomic E-state index is -1.09. The van der Waals surface area contributed by atoms with E-state index < -0.39 is 18.1 Å². The van der Waals surface area contributed by atoms with Crippen molar-refractivity contribution in [3.63, 3.8) is 0 Å². The van der Waals surface area contributed by atoms with E-state index in [9.17, 15) is 14.7 Å². The van der Waals surface area contributed by atoms with Crippen molar-refractivity contribution in [2.24, 2.45) is 0 Å². The second-order valence-corrected chi connectivity index (χ2v) is 5.66. The smallest absolute Gasteiger partial charge is 0.407 e. The van der Waals surface area contributed by atoms with Crippen molar-refractivity contribution in [3.05, 3.63) is 54.4 Å². The number of carbonyl (C=O) groups excluding carboxylic acids is 1. The van der Waals surface area contributed by atoms with Crippen LogP contribution in [0.25, 0.3) is 11.1 Å². The zero-order valence-electron chi connectivity index (χ0n) is 14.1. The van der Waals surface area contributed by atoms with E-state index in [2.05, 4.69) is 10.3 Å². The van der Waals surface area contributed by atoms with E-state index in [-0.39, 0.29) is 13.0 Å². The van der Waals surface area contributed by atoms with Gasteiger partial charge in [0.05, 0.1) is 6.61 Å². The van der Waals surface area contributed by atoms with E-state index in [1.54, 1.807) is 12.4 Å². The topological polar surface area (TPSA) is 88.5 Å². The van der Waals surface area contributed by atoms with Gasteiger partial charge in [0.2, 0.25) is 0 Å². The van der Waals surface area contributed by atoms with Gasteiger partial charge in [-0.05, 0) is 35.2 Å². The number of pyridine rings is 1. The van der Waals surface area contributed by atoms with Crippen molar-refractivity contribution in [2.45, 2.75) is 32.2 Å². The minimum Gasteiger partial charge on any atom is -0.480 e. The van der Waals surface area contributed by atoms with E-state index in [0.29, 0.717) is 0 Å². The Labute approximate surface area is 146 Å². The van der Waals surface area contributed by atoms with Crippen molar-refractivity contribution in [1.82, 2.24) is 10.3 Å². The molecule has 0 fully saturated rings. The Bertz CT molecular complexity index is 686. The van der Waals surface area contributed by atoms with E-state index in [1.165, 1.54) is 0 Å². The molecule has 2 rings (SSSR count). The molecule has 2 aromatic rings. The summed E-state index contributed by atoms with van der Waals surface area (Å²) in [5.41, 5.74) is 2.87. The Morgan fingerprint density at radius 1 is 1.12 bits per heavy atom. The number of aromatic nitrogens is 1. The SMILES string of the molecule is CCCCOC(=O)NC(Cc1ccc(-c2ccncc2)cc1)C(=O)O. The number of aliphatic carboxylic acids is 1. The van der Waals surface area contributed by atoms with Crippen LogP contribution in [0.15, 0.2) is 48.8 Å². The maximum Gasteiger partial charge on any atom is 0.407 e. The lowest BCUT2D eigenvalue weighted by Crippen LogP contribution is -2.42. The molecule has 0 aliphatic heterocycles. The molecule has 0 bridgehead atoms. The number of alkyl carbamates (subject to hydrolysis) is 1. The molecule has 6 nitrogen and oxygen atoms in total. The predicted octanol–water partition coefficient (Wildman–Crippen LogP) is 3.27. The van der Waals surface area contributed by atoms with Crippen molar-refractivity contribution in [2.75, 3.05) is 6.61 Å². The van der Waals surface area contributed by atoms with Crippen LogP contribution >= 0.6 is 0 Å². The molecule has 0 saturated heterocycles. The van der Waals surface area contributed by atoms with Gasteiger partial charge in [-0.2, -0.15) is 0 Å². The maximum atomic E-state index is 11.7. The van der Waals surface area contributed by atoms with Crippen molar-refractivity contribution in [3.8, 4) is 11.1 Å². The monoisotopic (exact) mass is 342 g/mol. The van der Waals surface area contributed by atoms with Crippen molar-refractivity contribution < 1.29 is 19.4 Å². The number of carboxylic acid groups (broad SMARTS) is 1. The highest BCUT2D eigenvalue weighted by atomic mass is 16.5. The second-order valence-electron chi connectivity index (χ2n) is 5.66. The normalized spacial score (nSPS) is 11.6. The predicted molar refractivity (Wildman–Crippen MR) is 94.2 cm³/mol. The molecule has 1 heterocycles. The van der Waals surface area contributed by atoms with Crippen molar-refractivity contribution in [1.29, 1.82) is 0 Å². The molecule has 25 heavy (non-hydrogen) atoms. The van der Waals surface area contributed by atoms with Gasteiger partial charge in [-0.15, -0.1) is 0 Å². The average Bonchev–Trinajstić information content (AvgIpc) is 2.62. The Balaban J connectivity index is 1.97. The first-order chi connectivity index (χ1) is 12.1. The molecule has 6 heteroatoms. The van der Waals surface area contributed by atoms with Crippen LogP contribution in [0.5, 0.6) is 0 Å². The molecule has 1 amide bonds. The summed E-state index contributed by atoms with van der Waals surface area (Å²) < 4.78 is 4.96. The molecule has 132 valence electrons. The number of rotatable bonds is 8. The minimum absolute atomic E-state index is 0.189. The van der Waals surface area contributed by atoms with E-state index in [1.807, 2.05) is 43.3 Å². The average molecular weight is 342 g/mol. The fraction of sp³-hybridized carbons (Fsp3) is 0.316. The first-order valence-electron chi connectivity index (χ1n) is 8.25. The molecular weight excluding hydrogens is 320 g/mol. The summed E-state index contributed by atoms with van der Waals surface area (Å²) in [6, 6.07) is 10.3. The first kappa shape index (κ1) is 18.4. The van der Waals surface area contributed by atoms with Gasteiger partial charge in [-0.25, -0.2) is 9.59 Å².